The molecule has 2 N–H and O–H groups in total. The summed E-state index contributed by atoms with van der Waals surface area (Å²) >= 11 is 0.00478. The predicted octanol–water partition coefficient (Wildman–Crippen LogP) is 3.64. The van der Waals surface area contributed by atoms with E-state index >= 15 is 0 Å². The molecule has 1 atom stereocenters. The molecule has 2 aromatic carbocycles. The molecule has 10 heteroatoms. The van der Waals surface area contributed by atoms with E-state index in [0.717, 1.165) is 43.4 Å². The molecule has 0 radical (unpaired) electrons. The number of methoxy groups -OCH3 is 4. The fourth-order valence-electron chi connectivity index (χ4n) is 3.21. The molecule has 1 aromatic heterocycles. The maximum atomic E-state index is 8.78. The molecule has 0 aliphatic carbocycles. The van der Waals surface area contributed by atoms with Crippen molar-refractivity contribution in [2.45, 2.75) is 12.8 Å². The topological polar surface area (TPSA) is 116 Å². The van der Waals surface area contributed by atoms with Gasteiger partial charge >= 0.3 is 0 Å². The number of pyridine rings is 1. The SMILES string of the molecule is COc1ccc(Cc2nccc(I)c2Cc2ccc(OC)cc2OC)c(OC)c1.NS(=O)[O-]. The number of hydrogen-bond donors (Lipinski definition) is 1. The van der Waals surface area contributed by atoms with Crippen LogP contribution in [0.2, 0.25) is 0 Å². The van der Waals surface area contributed by atoms with Crippen LogP contribution in [0.3, 0.4) is 0 Å². The average Bonchev–Trinajstić information content (AvgIpc) is 2.81. The Bertz CT molecular complexity index is 1090. The molecule has 3 aromatic rings. The number of aromatic nitrogens is 1. The van der Waals surface area contributed by atoms with Gasteiger partial charge in [0.2, 0.25) is 0 Å². The Morgan fingerprint density at radius 2 is 1.36 bits per heavy atom. The van der Waals surface area contributed by atoms with Crippen molar-refractivity contribution in [3.8, 4) is 23.0 Å². The lowest BCUT2D eigenvalue weighted by Crippen LogP contribution is -2.05. The van der Waals surface area contributed by atoms with Crippen molar-refractivity contribution in [3.05, 3.63) is 74.6 Å². The van der Waals surface area contributed by atoms with E-state index in [4.69, 9.17) is 27.7 Å². The highest BCUT2D eigenvalue weighted by Crippen LogP contribution is 2.31. The molecule has 0 amide bonds. The number of benzene rings is 2. The molecular formula is C23H26IN2O6S-. The Balaban J connectivity index is 0.000000890. The average molecular weight is 585 g/mol. The minimum Gasteiger partial charge on any atom is -0.760 e. The van der Waals surface area contributed by atoms with Crippen LogP contribution < -0.4 is 24.1 Å². The molecule has 0 bridgehead atoms. The summed E-state index contributed by atoms with van der Waals surface area (Å²) in [5.41, 5.74) is 4.33. The summed E-state index contributed by atoms with van der Waals surface area (Å²) < 4.78 is 40.5. The first-order chi connectivity index (χ1) is 15.8. The molecule has 3 rings (SSSR count). The van der Waals surface area contributed by atoms with E-state index in [-0.39, 0.29) is 0 Å². The highest BCUT2D eigenvalue weighted by atomic mass is 127. The molecule has 0 saturated heterocycles. The third kappa shape index (κ3) is 7.84. The lowest BCUT2D eigenvalue weighted by atomic mass is 9.98. The van der Waals surface area contributed by atoms with Gasteiger partial charge in [0, 0.05) is 57.3 Å². The van der Waals surface area contributed by atoms with Gasteiger partial charge in [-0.3, -0.25) is 14.3 Å². The summed E-state index contributed by atoms with van der Waals surface area (Å²) in [6.07, 6.45) is 3.23. The lowest BCUT2D eigenvalue weighted by molar-refractivity contribution is 0.391. The van der Waals surface area contributed by atoms with Gasteiger partial charge in [-0.2, -0.15) is 0 Å². The summed E-state index contributed by atoms with van der Waals surface area (Å²) in [7, 11) is 6.65. The molecule has 0 fully saturated rings. The van der Waals surface area contributed by atoms with Crippen LogP contribution in [0.4, 0.5) is 0 Å². The molecule has 0 saturated carbocycles. The molecule has 0 spiro atoms. The molecule has 33 heavy (non-hydrogen) atoms. The van der Waals surface area contributed by atoms with Gasteiger partial charge in [-0.25, -0.2) is 0 Å². The van der Waals surface area contributed by atoms with E-state index in [1.54, 1.807) is 28.4 Å². The lowest BCUT2D eigenvalue weighted by Gasteiger charge is -2.15. The van der Waals surface area contributed by atoms with Gasteiger partial charge in [0.25, 0.3) is 0 Å². The van der Waals surface area contributed by atoms with Crippen LogP contribution >= 0.6 is 22.6 Å². The molecule has 1 unspecified atom stereocenters. The fraction of sp³-hybridized carbons (Fsp3) is 0.261. The van der Waals surface area contributed by atoms with Gasteiger partial charge in [0.05, 0.1) is 28.4 Å². The van der Waals surface area contributed by atoms with Crippen molar-refractivity contribution in [1.82, 2.24) is 4.98 Å². The van der Waals surface area contributed by atoms with Crippen LogP contribution in [0.25, 0.3) is 0 Å². The van der Waals surface area contributed by atoms with Gasteiger partial charge in [0.15, 0.2) is 0 Å². The third-order valence-electron chi connectivity index (χ3n) is 4.80. The molecule has 1 heterocycles. The first-order valence-corrected chi connectivity index (χ1v) is 11.9. The Kier molecular flexibility index (Phi) is 10.8. The molecule has 8 nitrogen and oxygen atoms in total. The van der Waals surface area contributed by atoms with Crippen LogP contribution in [0.5, 0.6) is 23.0 Å². The van der Waals surface area contributed by atoms with Crippen LogP contribution in [0, 0.1) is 3.57 Å². The second-order valence-electron chi connectivity index (χ2n) is 6.69. The number of rotatable bonds is 8. The quantitative estimate of drug-likeness (QED) is 0.317. The Morgan fingerprint density at radius 3 is 1.82 bits per heavy atom. The number of halogens is 1. The van der Waals surface area contributed by atoms with E-state index in [2.05, 4.69) is 32.7 Å². The zero-order valence-corrected chi connectivity index (χ0v) is 21.8. The summed E-state index contributed by atoms with van der Waals surface area (Å²) in [4.78, 5) is 4.68. The van der Waals surface area contributed by atoms with E-state index in [1.807, 2.05) is 48.7 Å². The van der Waals surface area contributed by atoms with Gasteiger partial charge in [-0.05, 0) is 51.9 Å². The van der Waals surface area contributed by atoms with E-state index in [9.17, 15) is 0 Å². The Hall–Kier alpha value is -2.41. The minimum atomic E-state index is -2.36. The number of ether oxygens (including phenoxy) is 4. The van der Waals surface area contributed by atoms with E-state index in [1.165, 1.54) is 5.56 Å². The van der Waals surface area contributed by atoms with Gasteiger partial charge in [-0.15, -0.1) is 0 Å². The third-order valence-corrected chi connectivity index (χ3v) is 5.81. The zero-order chi connectivity index (χ0) is 24.4. The monoisotopic (exact) mass is 585 g/mol. The molecule has 178 valence electrons. The second-order valence-corrected chi connectivity index (χ2v) is 8.37. The van der Waals surface area contributed by atoms with Crippen molar-refractivity contribution in [3.63, 3.8) is 0 Å². The van der Waals surface area contributed by atoms with Crippen molar-refractivity contribution in [2.75, 3.05) is 28.4 Å². The van der Waals surface area contributed by atoms with Gasteiger partial charge < -0.3 is 23.5 Å². The second kappa shape index (κ2) is 13.3. The number of hydrogen-bond acceptors (Lipinski definition) is 7. The van der Waals surface area contributed by atoms with Crippen LogP contribution in [-0.2, 0) is 24.1 Å². The number of nitrogens with two attached hydrogens (primary N) is 1. The van der Waals surface area contributed by atoms with Crippen LogP contribution in [-0.4, -0.2) is 42.2 Å². The van der Waals surface area contributed by atoms with Gasteiger partial charge in [-0.1, -0.05) is 12.1 Å². The summed E-state index contributed by atoms with van der Waals surface area (Å²) in [5, 5.41) is 4.03. The summed E-state index contributed by atoms with van der Waals surface area (Å²) in [6, 6.07) is 13.8. The van der Waals surface area contributed by atoms with Crippen molar-refractivity contribution in [1.29, 1.82) is 0 Å². The Labute approximate surface area is 210 Å². The maximum absolute atomic E-state index is 8.78. The fourth-order valence-corrected chi connectivity index (χ4v) is 3.88. The molecule has 0 aliphatic heterocycles. The highest BCUT2D eigenvalue weighted by molar-refractivity contribution is 14.1. The smallest absolute Gasteiger partial charge is 0.126 e. The predicted molar refractivity (Wildman–Crippen MR) is 135 cm³/mol. The van der Waals surface area contributed by atoms with Crippen molar-refractivity contribution in [2.24, 2.45) is 5.14 Å². The molecular weight excluding hydrogens is 559 g/mol. The van der Waals surface area contributed by atoms with Crippen LogP contribution in [0.1, 0.15) is 22.4 Å². The maximum Gasteiger partial charge on any atom is 0.126 e. The van der Waals surface area contributed by atoms with Crippen LogP contribution in [0.15, 0.2) is 48.7 Å². The van der Waals surface area contributed by atoms with E-state index < -0.39 is 11.3 Å². The first kappa shape index (κ1) is 26.8. The van der Waals surface area contributed by atoms with Crippen molar-refractivity contribution < 1.29 is 27.7 Å². The Morgan fingerprint density at radius 1 is 0.879 bits per heavy atom. The standard InChI is InChI=1S/C23H24INO4.H3NO2S/c1-26-17-7-5-15(22(13-17)28-3)11-19-20(24)9-10-25-21(19)12-16-6-8-18(27-2)14-23(16)29-4;1-4(2)3/h5-10,13-14H,11-12H2,1-4H3;1H2,(H,2,3)/p-1. The highest BCUT2D eigenvalue weighted by Gasteiger charge is 2.15. The van der Waals surface area contributed by atoms with Gasteiger partial charge in [0.1, 0.15) is 23.0 Å². The minimum absolute atomic E-state index is 0.664. The van der Waals surface area contributed by atoms with Crippen molar-refractivity contribution >= 4 is 33.9 Å². The summed E-state index contributed by atoms with van der Waals surface area (Å²) in [5.74, 6) is 3.13. The normalized spacial score (nSPS) is 11.1. The first-order valence-electron chi connectivity index (χ1n) is 9.70. The molecule has 0 aliphatic rings. The summed E-state index contributed by atoms with van der Waals surface area (Å²) in [6.45, 7) is 0. The number of nitrogens with zero attached hydrogens (tertiary/aromatic N) is 1. The largest absolute Gasteiger partial charge is 0.760 e. The van der Waals surface area contributed by atoms with E-state index in [0.29, 0.717) is 12.8 Å². The zero-order valence-electron chi connectivity index (χ0n) is 18.8.